The van der Waals surface area contributed by atoms with Crippen molar-refractivity contribution in [2.45, 2.75) is 52.5 Å². The summed E-state index contributed by atoms with van der Waals surface area (Å²) in [7, 11) is 0. The van der Waals surface area contributed by atoms with Crippen molar-refractivity contribution in [3.05, 3.63) is 0 Å². The van der Waals surface area contributed by atoms with Gasteiger partial charge in [0.15, 0.2) is 0 Å². The lowest BCUT2D eigenvalue weighted by Crippen LogP contribution is -2.27. The molecule has 0 aliphatic rings. The van der Waals surface area contributed by atoms with Crippen LogP contribution in [0.2, 0.25) is 0 Å². The molecule has 14 heavy (non-hydrogen) atoms. The van der Waals surface area contributed by atoms with Crippen LogP contribution in [0.25, 0.3) is 0 Å². The van der Waals surface area contributed by atoms with Gasteiger partial charge in [0.25, 0.3) is 0 Å². The first kappa shape index (κ1) is 13.4. The monoisotopic (exact) mass is 201 g/mol. The lowest BCUT2D eigenvalue weighted by Gasteiger charge is -2.14. The van der Waals surface area contributed by atoms with E-state index >= 15 is 0 Å². The number of carboxylic acid groups (broad SMARTS) is 1. The second-order valence-electron chi connectivity index (χ2n) is 4.09. The summed E-state index contributed by atoms with van der Waals surface area (Å²) in [6.45, 7) is 7.43. The molecule has 0 aliphatic carbocycles. The summed E-state index contributed by atoms with van der Waals surface area (Å²) in [4.78, 5) is 10.3. The topological polar surface area (TPSA) is 49.3 Å². The van der Waals surface area contributed by atoms with Gasteiger partial charge >= 0.3 is 5.97 Å². The minimum atomic E-state index is -0.688. The third kappa shape index (κ3) is 8.05. The van der Waals surface area contributed by atoms with E-state index in [-0.39, 0.29) is 0 Å². The van der Waals surface area contributed by atoms with Crippen molar-refractivity contribution in [2.24, 2.45) is 5.92 Å². The number of carboxylic acids is 1. The largest absolute Gasteiger partial charge is 0.481 e. The highest BCUT2D eigenvalue weighted by molar-refractivity contribution is 5.66. The first-order chi connectivity index (χ1) is 6.56. The highest BCUT2D eigenvalue weighted by Gasteiger charge is 2.05. The van der Waals surface area contributed by atoms with Crippen molar-refractivity contribution in [2.75, 3.05) is 6.54 Å². The van der Waals surface area contributed by atoms with Gasteiger partial charge in [-0.3, -0.25) is 4.79 Å². The van der Waals surface area contributed by atoms with Crippen LogP contribution in [0.4, 0.5) is 0 Å². The number of hydrogen-bond acceptors (Lipinski definition) is 2. The van der Waals surface area contributed by atoms with Crippen LogP contribution >= 0.6 is 0 Å². The summed E-state index contributed by atoms with van der Waals surface area (Å²) in [5, 5.41) is 11.9. The molecule has 0 radical (unpaired) electrons. The van der Waals surface area contributed by atoms with Gasteiger partial charge in [0, 0.05) is 12.5 Å². The molecule has 0 saturated heterocycles. The minimum Gasteiger partial charge on any atom is -0.481 e. The van der Waals surface area contributed by atoms with Crippen molar-refractivity contribution in [3.8, 4) is 0 Å². The molecular weight excluding hydrogens is 178 g/mol. The summed E-state index contributed by atoms with van der Waals surface area (Å²) in [5.41, 5.74) is 0. The Morgan fingerprint density at radius 1 is 1.36 bits per heavy atom. The van der Waals surface area contributed by atoms with E-state index in [1.54, 1.807) is 0 Å². The van der Waals surface area contributed by atoms with Crippen LogP contribution in [0.3, 0.4) is 0 Å². The number of aliphatic carboxylic acids is 1. The van der Waals surface area contributed by atoms with Crippen molar-refractivity contribution in [1.82, 2.24) is 5.32 Å². The molecule has 3 heteroatoms. The van der Waals surface area contributed by atoms with Gasteiger partial charge < -0.3 is 10.4 Å². The van der Waals surface area contributed by atoms with Gasteiger partial charge in [0.05, 0.1) is 0 Å². The maximum atomic E-state index is 10.3. The quantitative estimate of drug-likeness (QED) is 0.633. The molecule has 0 aromatic carbocycles. The van der Waals surface area contributed by atoms with Crippen LogP contribution in [-0.2, 0) is 4.79 Å². The maximum Gasteiger partial charge on any atom is 0.303 e. The average molecular weight is 201 g/mol. The van der Waals surface area contributed by atoms with E-state index < -0.39 is 5.97 Å². The summed E-state index contributed by atoms with van der Waals surface area (Å²) in [6, 6.07) is 0.571. The van der Waals surface area contributed by atoms with Crippen LogP contribution in [-0.4, -0.2) is 23.7 Å². The minimum absolute atomic E-state index is 0.296. The summed E-state index contributed by atoms with van der Waals surface area (Å²) >= 11 is 0. The van der Waals surface area contributed by atoms with E-state index in [0.717, 1.165) is 25.8 Å². The molecule has 0 amide bonds. The van der Waals surface area contributed by atoms with Gasteiger partial charge in [-0.1, -0.05) is 13.8 Å². The van der Waals surface area contributed by atoms with Gasteiger partial charge in [-0.05, 0) is 38.6 Å². The van der Waals surface area contributed by atoms with E-state index in [2.05, 4.69) is 26.1 Å². The summed E-state index contributed by atoms with van der Waals surface area (Å²) < 4.78 is 0. The highest BCUT2D eigenvalue weighted by Crippen LogP contribution is 2.09. The predicted octanol–water partition coefficient (Wildman–Crippen LogP) is 2.27. The predicted molar refractivity (Wildman–Crippen MR) is 58.4 cm³/mol. The van der Waals surface area contributed by atoms with Crippen molar-refractivity contribution < 1.29 is 9.90 Å². The zero-order valence-electron chi connectivity index (χ0n) is 9.55. The van der Waals surface area contributed by atoms with Crippen molar-refractivity contribution >= 4 is 5.97 Å². The van der Waals surface area contributed by atoms with Crippen LogP contribution in [0.15, 0.2) is 0 Å². The Balaban J connectivity index is 3.35. The van der Waals surface area contributed by atoms with Gasteiger partial charge in [-0.15, -0.1) is 0 Å². The first-order valence-electron chi connectivity index (χ1n) is 5.51. The molecule has 0 bridgehead atoms. The molecular formula is C11H23NO2. The van der Waals surface area contributed by atoms with E-state index in [1.165, 1.54) is 0 Å². The molecule has 0 heterocycles. The molecule has 0 aromatic heterocycles. The zero-order chi connectivity index (χ0) is 11.0. The number of carbonyl (C=O) groups is 1. The third-order valence-electron chi connectivity index (χ3n) is 2.59. The average Bonchev–Trinajstić information content (AvgIpc) is 2.14. The molecule has 2 N–H and O–H groups in total. The number of nitrogens with one attached hydrogen (secondary N) is 1. The molecule has 3 nitrogen and oxygen atoms in total. The standard InChI is InChI=1S/C11H23NO2/c1-4-10(3)12-8-7-9(2)5-6-11(13)14/h9-10,12H,4-8H2,1-3H3,(H,13,14). The Morgan fingerprint density at radius 3 is 2.50 bits per heavy atom. The summed E-state index contributed by atoms with van der Waals surface area (Å²) in [6.07, 6.45) is 3.29. The number of hydrogen-bond donors (Lipinski definition) is 2. The smallest absolute Gasteiger partial charge is 0.303 e. The fourth-order valence-electron chi connectivity index (χ4n) is 1.23. The van der Waals surface area contributed by atoms with Crippen LogP contribution < -0.4 is 5.32 Å². The Bertz CT molecular complexity index is 159. The molecule has 0 fully saturated rings. The SMILES string of the molecule is CCC(C)NCCC(C)CCC(=O)O. The van der Waals surface area contributed by atoms with Gasteiger partial charge in [-0.25, -0.2) is 0 Å². The third-order valence-corrected chi connectivity index (χ3v) is 2.59. The molecule has 0 spiro atoms. The Hall–Kier alpha value is -0.570. The van der Waals surface area contributed by atoms with Crippen LogP contribution in [0.5, 0.6) is 0 Å². The molecule has 0 saturated carbocycles. The van der Waals surface area contributed by atoms with Crippen LogP contribution in [0, 0.1) is 5.92 Å². The van der Waals surface area contributed by atoms with Crippen LogP contribution in [0.1, 0.15) is 46.5 Å². The number of rotatable bonds is 8. The van der Waals surface area contributed by atoms with Crippen molar-refractivity contribution in [1.29, 1.82) is 0 Å². The van der Waals surface area contributed by atoms with E-state index in [1.807, 2.05) is 0 Å². The van der Waals surface area contributed by atoms with Gasteiger partial charge in [-0.2, -0.15) is 0 Å². The maximum absolute atomic E-state index is 10.3. The first-order valence-corrected chi connectivity index (χ1v) is 5.51. The Kier molecular flexibility index (Phi) is 7.48. The van der Waals surface area contributed by atoms with E-state index in [0.29, 0.717) is 18.4 Å². The second kappa shape index (κ2) is 7.80. The fraction of sp³-hybridized carbons (Fsp3) is 0.909. The molecule has 84 valence electrons. The lowest BCUT2D eigenvalue weighted by molar-refractivity contribution is -0.137. The van der Waals surface area contributed by atoms with Crippen molar-refractivity contribution in [3.63, 3.8) is 0 Å². The zero-order valence-corrected chi connectivity index (χ0v) is 9.55. The molecule has 2 atom stereocenters. The fourth-order valence-corrected chi connectivity index (χ4v) is 1.23. The van der Waals surface area contributed by atoms with Gasteiger partial charge in [0.1, 0.15) is 0 Å². The molecule has 0 aliphatic heterocycles. The summed E-state index contributed by atoms with van der Waals surface area (Å²) in [5.74, 6) is -0.186. The molecule has 2 unspecified atom stereocenters. The van der Waals surface area contributed by atoms with E-state index in [9.17, 15) is 4.79 Å². The van der Waals surface area contributed by atoms with Gasteiger partial charge in [0.2, 0.25) is 0 Å². The lowest BCUT2D eigenvalue weighted by atomic mass is 10.0. The Labute approximate surface area is 86.9 Å². The highest BCUT2D eigenvalue weighted by atomic mass is 16.4. The Morgan fingerprint density at radius 2 is 2.00 bits per heavy atom. The molecule has 0 rings (SSSR count). The second-order valence-corrected chi connectivity index (χ2v) is 4.09. The normalized spacial score (nSPS) is 15.1. The molecule has 0 aromatic rings. The van der Waals surface area contributed by atoms with E-state index in [4.69, 9.17) is 5.11 Å².